The van der Waals surface area contributed by atoms with Crippen LogP contribution >= 0.6 is 15.9 Å². The summed E-state index contributed by atoms with van der Waals surface area (Å²) in [6.07, 6.45) is 0. The third-order valence-corrected chi connectivity index (χ3v) is 7.02. The largest absolute Gasteiger partial charge is 0.227 e. The summed E-state index contributed by atoms with van der Waals surface area (Å²) >= 11 is 3.57. The molecule has 0 bridgehead atoms. The molecule has 0 fully saturated rings. The van der Waals surface area contributed by atoms with Crippen molar-refractivity contribution in [1.82, 2.24) is 0 Å². The molecule has 0 saturated heterocycles. The lowest BCUT2D eigenvalue weighted by atomic mass is 9.95. The van der Waals surface area contributed by atoms with Crippen molar-refractivity contribution in [2.75, 3.05) is 0 Å². The van der Waals surface area contributed by atoms with Gasteiger partial charge in [0.2, 0.25) is 16.6 Å². The van der Waals surface area contributed by atoms with Crippen LogP contribution in [-0.4, -0.2) is 0 Å². The Kier molecular flexibility index (Phi) is 3.47. The minimum atomic E-state index is 1.10. The maximum absolute atomic E-state index is 3.57. The number of nitrogens with zero attached hydrogens (tertiary/aromatic N) is 1. The van der Waals surface area contributed by atoms with E-state index in [0.29, 0.717) is 0 Å². The van der Waals surface area contributed by atoms with Gasteiger partial charge in [0, 0.05) is 27.4 Å². The number of rotatable bonds is 1. The molecule has 0 aliphatic rings. The molecule has 0 saturated carbocycles. The maximum atomic E-state index is 3.57. The number of hydrogen-bond acceptors (Lipinski definition) is 0. The van der Waals surface area contributed by atoms with Crippen LogP contribution in [0.2, 0.25) is 0 Å². The fourth-order valence-electron chi connectivity index (χ4n) is 5.14. The third-order valence-electron chi connectivity index (χ3n) is 6.49. The molecule has 1 nitrogen and oxygen atoms in total. The van der Waals surface area contributed by atoms with Crippen molar-refractivity contribution in [1.29, 1.82) is 0 Å². The van der Waals surface area contributed by atoms with Crippen LogP contribution < -0.4 is 4.40 Å². The van der Waals surface area contributed by atoms with Crippen molar-refractivity contribution in [3.05, 3.63) is 108 Å². The topological polar surface area (TPSA) is 4.10 Å². The van der Waals surface area contributed by atoms with E-state index in [-0.39, 0.29) is 0 Å². The SMILES string of the molecule is Brc1ccc(-c2cc3c4ccccc4c4cccc5c6ccccc6c(c2)[n+]3c45)cc1. The van der Waals surface area contributed by atoms with Gasteiger partial charge in [-0.3, -0.25) is 0 Å². The monoisotopic (exact) mass is 458 g/mol. The van der Waals surface area contributed by atoms with Gasteiger partial charge in [0.1, 0.15) is 0 Å². The van der Waals surface area contributed by atoms with E-state index in [1.54, 1.807) is 0 Å². The van der Waals surface area contributed by atoms with Gasteiger partial charge in [-0.1, -0.05) is 70.5 Å². The maximum Gasteiger partial charge on any atom is 0.227 e. The summed E-state index contributed by atoms with van der Waals surface area (Å²) in [6, 6.07) is 37.6. The Morgan fingerprint density at radius 3 is 1.48 bits per heavy atom. The number of para-hydroxylation sites is 1. The minimum Gasteiger partial charge on any atom is -0.152 e. The minimum absolute atomic E-state index is 1.10. The lowest BCUT2D eigenvalue weighted by Crippen LogP contribution is -2.26. The molecular weight excluding hydrogens is 442 g/mol. The predicted molar refractivity (Wildman–Crippen MR) is 134 cm³/mol. The number of hydrogen-bond donors (Lipinski definition) is 0. The van der Waals surface area contributed by atoms with E-state index in [9.17, 15) is 0 Å². The second kappa shape index (κ2) is 6.26. The number of fused-ring (bicyclic) bond motifs is 6. The Balaban J connectivity index is 1.82. The smallest absolute Gasteiger partial charge is 0.152 e. The van der Waals surface area contributed by atoms with Crippen LogP contribution in [0.5, 0.6) is 0 Å². The first kappa shape index (κ1) is 17.2. The van der Waals surface area contributed by atoms with Crippen molar-refractivity contribution in [2.24, 2.45) is 0 Å². The molecule has 0 amide bonds. The van der Waals surface area contributed by atoms with Gasteiger partial charge >= 0.3 is 0 Å². The molecule has 0 radical (unpaired) electrons. The molecule has 0 N–H and O–H groups in total. The van der Waals surface area contributed by atoms with Gasteiger partial charge in [-0.05, 0) is 47.5 Å². The van der Waals surface area contributed by atoms with E-state index in [0.717, 1.165) is 4.47 Å². The molecule has 144 valence electrons. The Morgan fingerprint density at radius 2 is 0.935 bits per heavy atom. The number of aromatic nitrogens is 1. The molecule has 4 aromatic carbocycles. The average Bonchev–Trinajstić information content (AvgIpc) is 2.83. The summed E-state index contributed by atoms with van der Waals surface area (Å²) in [5.41, 5.74) is 6.26. The molecule has 31 heavy (non-hydrogen) atoms. The summed E-state index contributed by atoms with van der Waals surface area (Å²) in [5.74, 6) is 0. The van der Waals surface area contributed by atoms with Gasteiger partial charge in [0.25, 0.3) is 0 Å². The van der Waals surface area contributed by atoms with E-state index in [1.807, 2.05) is 0 Å². The standard InChI is InChI=1S/C29H17BrN/c30-20-14-12-18(13-15-20)19-16-27-23-8-3-1-6-21(23)25-10-5-11-26-22-7-2-4-9-24(22)28(17-19)31(27)29(25)26/h1-17H/q+1. The number of halogens is 1. The molecule has 0 unspecified atom stereocenters. The molecule has 3 aromatic heterocycles. The molecule has 0 spiro atoms. The molecule has 0 aliphatic carbocycles. The summed E-state index contributed by atoms with van der Waals surface area (Å²) in [5, 5.41) is 7.78. The van der Waals surface area contributed by atoms with Crippen LogP contribution in [0, 0.1) is 0 Å². The lowest BCUT2D eigenvalue weighted by Gasteiger charge is -2.12. The fraction of sp³-hybridized carbons (Fsp3) is 0. The first-order valence-corrected chi connectivity index (χ1v) is 11.3. The quantitative estimate of drug-likeness (QED) is 0.133. The highest BCUT2D eigenvalue weighted by Gasteiger charge is 2.24. The molecule has 3 heterocycles. The zero-order valence-corrected chi connectivity index (χ0v) is 18.2. The van der Waals surface area contributed by atoms with Gasteiger partial charge < -0.3 is 0 Å². The second-order valence-corrected chi connectivity index (χ2v) is 9.07. The normalized spacial score (nSPS) is 12.0. The first-order valence-electron chi connectivity index (χ1n) is 10.5. The van der Waals surface area contributed by atoms with E-state index >= 15 is 0 Å². The summed E-state index contributed by atoms with van der Waals surface area (Å²) < 4.78 is 3.57. The van der Waals surface area contributed by atoms with E-state index in [2.05, 4.69) is 123 Å². The highest BCUT2D eigenvalue weighted by atomic mass is 79.9. The third kappa shape index (κ3) is 2.34. The van der Waals surface area contributed by atoms with Crippen molar-refractivity contribution in [3.63, 3.8) is 0 Å². The van der Waals surface area contributed by atoms with Crippen LogP contribution in [0.15, 0.2) is 108 Å². The summed E-state index contributed by atoms with van der Waals surface area (Å²) in [4.78, 5) is 0. The molecule has 7 aromatic rings. The fourth-order valence-corrected chi connectivity index (χ4v) is 5.41. The van der Waals surface area contributed by atoms with E-state index in [1.165, 1.54) is 60.0 Å². The zero-order chi connectivity index (χ0) is 20.5. The van der Waals surface area contributed by atoms with Gasteiger partial charge in [-0.15, -0.1) is 0 Å². The van der Waals surface area contributed by atoms with E-state index in [4.69, 9.17) is 0 Å². The number of pyridine rings is 3. The van der Waals surface area contributed by atoms with Crippen molar-refractivity contribution in [3.8, 4) is 11.1 Å². The van der Waals surface area contributed by atoms with Crippen molar-refractivity contribution in [2.45, 2.75) is 0 Å². The van der Waals surface area contributed by atoms with Crippen LogP contribution in [0.25, 0.3) is 60.0 Å². The summed E-state index contributed by atoms with van der Waals surface area (Å²) in [7, 11) is 0. The van der Waals surface area contributed by atoms with Gasteiger partial charge in [0.05, 0.1) is 21.5 Å². The molecule has 2 heteroatoms. The van der Waals surface area contributed by atoms with Crippen molar-refractivity contribution >= 4 is 64.8 Å². The highest BCUT2D eigenvalue weighted by Crippen LogP contribution is 2.36. The molecule has 0 atom stereocenters. The Morgan fingerprint density at radius 1 is 0.452 bits per heavy atom. The Bertz CT molecular complexity index is 1680. The van der Waals surface area contributed by atoms with Crippen LogP contribution in [-0.2, 0) is 0 Å². The molecule has 7 rings (SSSR count). The Hall–Kier alpha value is -3.49. The lowest BCUT2D eigenvalue weighted by molar-refractivity contribution is -0.448. The van der Waals surface area contributed by atoms with Gasteiger partial charge in [-0.25, -0.2) is 0 Å². The van der Waals surface area contributed by atoms with Crippen LogP contribution in [0.3, 0.4) is 0 Å². The van der Waals surface area contributed by atoms with Crippen LogP contribution in [0.1, 0.15) is 0 Å². The highest BCUT2D eigenvalue weighted by molar-refractivity contribution is 9.10. The predicted octanol–water partition coefficient (Wildman–Crippen LogP) is 7.91. The molecular formula is C29H17BrN+. The molecule has 0 aliphatic heterocycles. The van der Waals surface area contributed by atoms with Gasteiger partial charge in [0.15, 0.2) is 0 Å². The number of benzene rings is 4. The van der Waals surface area contributed by atoms with Crippen molar-refractivity contribution < 1.29 is 4.40 Å². The zero-order valence-electron chi connectivity index (χ0n) is 16.6. The van der Waals surface area contributed by atoms with Gasteiger partial charge in [-0.2, -0.15) is 4.40 Å². The summed E-state index contributed by atoms with van der Waals surface area (Å²) in [6.45, 7) is 0. The van der Waals surface area contributed by atoms with E-state index < -0.39 is 0 Å². The second-order valence-electron chi connectivity index (χ2n) is 8.15. The average molecular weight is 459 g/mol. The first-order chi connectivity index (χ1) is 15.3. The van der Waals surface area contributed by atoms with Crippen LogP contribution in [0.4, 0.5) is 0 Å². The Labute approximate surface area is 187 Å².